The Labute approximate surface area is 138 Å². The highest BCUT2D eigenvalue weighted by Crippen LogP contribution is 2.38. The Bertz CT molecular complexity index is 751. The first-order chi connectivity index (χ1) is 10.3. The zero-order chi connectivity index (χ0) is 14.7. The standard InChI is InChI=1S/C19H15BrS/c1-21-19-10-6-5-9-17(19)16-12-11-15(20)13-18(16)14-7-3-2-4-8-14/h2-13H,1H3. The molecular weight excluding hydrogens is 340 g/mol. The van der Waals surface area contributed by atoms with Crippen LogP contribution in [0.4, 0.5) is 0 Å². The molecule has 0 unspecified atom stereocenters. The van der Waals surface area contributed by atoms with Crippen LogP contribution in [0.15, 0.2) is 82.2 Å². The van der Waals surface area contributed by atoms with Crippen LogP contribution in [0.25, 0.3) is 22.3 Å². The van der Waals surface area contributed by atoms with Gasteiger partial charge in [0.2, 0.25) is 0 Å². The first kappa shape index (κ1) is 14.4. The summed E-state index contributed by atoms with van der Waals surface area (Å²) in [5.74, 6) is 0. The van der Waals surface area contributed by atoms with Crippen molar-refractivity contribution in [1.29, 1.82) is 0 Å². The second-order valence-corrected chi connectivity index (χ2v) is 6.52. The van der Waals surface area contributed by atoms with E-state index in [2.05, 4.69) is 95.0 Å². The van der Waals surface area contributed by atoms with Crippen LogP contribution < -0.4 is 0 Å². The molecule has 0 amide bonds. The summed E-state index contributed by atoms with van der Waals surface area (Å²) < 4.78 is 1.10. The number of rotatable bonds is 3. The highest BCUT2D eigenvalue weighted by molar-refractivity contribution is 9.10. The van der Waals surface area contributed by atoms with Gasteiger partial charge in [-0.05, 0) is 46.7 Å². The Kier molecular flexibility index (Phi) is 4.47. The first-order valence-electron chi connectivity index (χ1n) is 6.78. The molecule has 0 fully saturated rings. The van der Waals surface area contributed by atoms with Crippen LogP contribution in [0.1, 0.15) is 0 Å². The molecular formula is C19H15BrS. The summed E-state index contributed by atoms with van der Waals surface area (Å²) in [5, 5.41) is 0. The number of benzene rings is 3. The van der Waals surface area contributed by atoms with Gasteiger partial charge in [-0.15, -0.1) is 11.8 Å². The van der Waals surface area contributed by atoms with E-state index in [0.29, 0.717) is 0 Å². The van der Waals surface area contributed by atoms with E-state index in [1.54, 1.807) is 11.8 Å². The van der Waals surface area contributed by atoms with Gasteiger partial charge in [0.15, 0.2) is 0 Å². The van der Waals surface area contributed by atoms with Gasteiger partial charge in [-0.3, -0.25) is 0 Å². The normalized spacial score (nSPS) is 10.6. The van der Waals surface area contributed by atoms with Gasteiger partial charge in [-0.1, -0.05) is 70.5 Å². The Morgan fingerprint density at radius 2 is 1.43 bits per heavy atom. The van der Waals surface area contributed by atoms with Crippen LogP contribution in [-0.4, -0.2) is 6.26 Å². The van der Waals surface area contributed by atoms with Gasteiger partial charge in [0.1, 0.15) is 0 Å². The van der Waals surface area contributed by atoms with E-state index >= 15 is 0 Å². The molecule has 21 heavy (non-hydrogen) atoms. The van der Waals surface area contributed by atoms with Gasteiger partial charge in [0.05, 0.1) is 0 Å². The minimum Gasteiger partial charge on any atom is -0.129 e. The molecule has 3 rings (SSSR count). The summed E-state index contributed by atoms with van der Waals surface area (Å²) >= 11 is 5.38. The van der Waals surface area contributed by atoms with E-state index in [1.165, 1.54) is 27.1 Å². The Hall–Kier alpha value is -1.51. The second kappa shape index (κ2) is 6.50. The highest BCUT2D eigenvalue weighted by Gasteiger charge is 2.11. The first-order valence-corrected chi connectivity index (χ1v) is 8.80. The average molecular weight is 355 g/mol. The largest absolute Gasteiger partial charge is 0.129 e. The third-order valence-corrected chi connectivity index (χ3v) is 4.75. The van der Waals surface area contributed by atoms with Crippen LogP contribution in [0.5, 0.6) is 0 Å². The van der Waals surface area contributed by atoms with Crippen molar-refractivity contribution in [2.24, 2.45) is 0 Å². The maximum atomic E-state index is 3.60. The molecule has 0 radical (unpaired) electrons. The fourth-order valence-corrected chi connectivity index (χ4v) is 3.45. The predicted octanol–water partition coefficient (Wildman–Crippen LogP) is 6.51. The maximum absolute atomic E-state index is 3.60. The Balaban J connectivity index is 2.24. The van der Waals surface area contributed by atoms with Crippen molar-refractivity contribution in [3.63, 3.8) is 0 Å². The molecule has 3 aromatic rings. The molecule has 0 aliphatic rings. The van der Waals surface area contributed by atoms with Crippen molar-refractivity contribution in [3.8, 4) is 22.3 Å². The number of thioether (sulfide) groups is 1. The van der Waals surface area contributed by atoms with Crippen molar-refractivity contribution in [2.75, 3.05) is 6.26 Å². The van der Waals surface area contributed by atoms with E-state index in [4.69, 9.17) is 0 Å². The third kappa shape index (κ3) is 3.07. The molecule has 0 spiro atoms. The monoisotopic (exact) mass is 354 g/mol. The lowest BCUT2D eigenvalue weighted by molar-refractivity contribution is 1.44. The summed E-state index contributed by atoms with van der Waals surface area (Å²) in [6.07, 6.45) is 2.12. The number of hydrogen-bond acceptors (Lipinski definition) is 1. The van der Waals surface area contributed by atoms with E-state index in [-0.39, 0.29) is 0 Å². The molecule has 0 aliphatic carbocycles. The maximum Gasteiger partial charge on any atom is 0.0181 e. The molecule has 0 saturated carbocycles. The molecule has 0 saturated heterocycles. The van der Waals surface area contributed by atoms with Crippen molar-refractivity contribution in [2.45, 2.75) is 4.90 Å². The summed E-state index contributed by atoms with van der Waals surface area (Å²) in [6.45, 7) is 0. The van der Waals surface area contributed by atoms with Crippen LogP contribution in [0, 0.1) is 0 Å². The smallest absolute Gasteiger partial charge is 0.0181 e. The molecule has 0 N–H and O–H groups in total. The summed E-state index contributed by atoms with van der Waals surface area (Å²) in [6, 6.07) is 25.6. The second-order valence-electron chi connectivity index (χ2n) is 4.76. The zero-order valence-electron chi connectivity index (χ0n) is 11.7. The molecule has 0 atom stereocenters. The van der Waals surface area contributed by atoms with Crippen molar-refractivity contribution in [1.82, 2.24) is 0 Å². The lowest BCUT2D eigenvalue weighted by atomic mass is 9.95. The minimum absolute atomic E-state index is 1.10. The zero-order valence-corrected chi connectivity index (χ0v) is 14.1. The van der Waals surface area contributed by atoms with Crippen molar-refractivity contribution >= 4 is 27.7 Å². The van der Waals surface area contributed by atoms with Gasteiger partial charge in [0, 0.05) is 9.37 Å². The molecule has 3 aromatic carbocycles. The lowest BCUT2D eigenvalue weighted by Crippen LogP contribution is -1.87. The SMILES string of the molecule is CSc1ccccc1-c1ccc(Br)cc1-c1ccccc1. The van der Waals surface area contributed by atoms with E-state index in [0.717, 1.165) is 4.47 Å². The summed E-state index contributed by atoms with van der Waals surface area (Å²) in [4.78, 5) is 1.30. The van der Waals surface area contributed by atoms with E-state index in [1.807, 2.05) is 0 Å². The van der Waals surface area contributed by atoms with Crippen LogP contribution in [0.2, 0.25) is 0 Å². The van der Waals surface area contributed by atoms with Gasteiger partial charge >= 0.3 is 0 Å². The summed E-state index contributed by atoms with van der Waals surface area (Å²) in [5.41, 5.74) is 5.06. The fourth-order valence-electron chi connectivity index (χ4n) is 2.48. The van der Waals surface area contributed by atoms with Crippen molar-refractivity contribution < 1.29 is 0 Å². The van der Waals surface area contributed by atoms with Gasteiger partial charge < -0.3 is 0 Å². The molecule has 0 aliphatic heterocycles. The molecule has 0 heterocycles. The van der Waals surface area contributed by atoms with Gasteiger partial charge in [0.25, 0.3) is 0 Å². The molecule has 0 nitrogen and oxygen atoms in total. The Morgan fingerprint density at radius 3 is 2.19 bits per heavy atom. The van der Waals surface area contributed by atoms with Crippen LogP contribution >= 0.6 is 27.7 Å². The average Bonchev–Trinajstić information content (AvgIpc) is 2.55. The molecule has 104 valence electrons. The van der Waals surface area contributed by atoms with Crippen LogP contribution in [0.3, 0.4) is 0 Å². The number of halogens is 1. The molecule has 2 heteroatoms. The van der Waals surface area contributed by atoms with E-state index in [9.17, 15) is 0 Å². The van der Waals surface area contributed by atoms with Crippen LogP contribution in [-0.2, 0) is 0 Å². The fraction of sp³-hybridized carbons (Fsp3) is 0.0526. The van der Waals surface area contributed by atoms with Gasteiger partial charge in [-0.2, -0.15) is 0 Å². The van der Waals surface area contributed by atoms with E-state index < -0.39 is 0 Å². The molecule has 0 bridgehead atoms. The Morgan fingerprint density at radius 1 is 0.714 bits per heavy atom. The minimum atomic E-state index is 1.10. The summed E-state index contributed by atoms with van der Waals surface area (Å²) in [7, 11) is 0. The number of hydrogen-bond donors (Lipinski definition) is 0. The topological polar surface area (TPSA) is 0 Å². The third-order valence-electron chi connectivity index (χ3n) is 3.46. The van der Waals surface area contributed by atoms with Crippen molar-refractivity contribution in [3.05, 3.63) is 77.3 Å². The highest BCUT2D eigenvalue weighted by atomic mass is 79.9. The predicted molar refractivity (Wildman–Crippen MR) is 96.8 cm³/mol. The quantitative estimate of drug-likeness (QED) is 0.483. The molecule has 0 aromatic heterocycles. The lowest BCUT2D eigenvalue weighted by Gasteiger charge is -2.13. The van der Waals surface area contributed by atoms with Gasteiger partial charge in [-0.25, -0.2) is 0 Å².